The van der Waals surface area contributed by atoms with Gasteiger partial charge in [-0.05, 0) is 36.0 Å². The highest BCUT2D eigenvalue weighted by Gasteiger charge is 2.39. The smallest absolute Gasteiger partial charge is 0.0820 e. The van der Waals surface area contributed by atoms with Gasteiger partial charge in [-0.2, -0.15) is 0 Å². The average molecular weight is 241 g/mol. The fourth-order valence-corrected chi connectivity index (χ4v) is 1.96. The van der Waals surface area contributed by atoms with Crippen molar-refractivity contribution in [3.05, 3.63) is 34.3 Å². The van der Waals surface area contributed by atoms with Crippen LogP contribution in [-0.2, 0) is 0 Å². The number of aliphatic hydroxyl groups is 1. The van der Waals surface area contributed by atoms with Crippen LogP contribution in [0.5, 0.6) is 0 Å². The molecule has 0 radical (unpaired) electrons. The quantitative estimate of drug-likeness (QED) is 0.843. The molecule has 1 N–H and O–H groups in total. The van der Waals surface area contributed by atoms with Gasteiger partial charge in [-0.25, -0.2) is 0 Å². The van der Waals surface area contributed by atoms with Crippen LogP contribution in [0.15, 0.2) is 28.7 Å². The average Bonchev–Trinajstić information content (AvgIpc) is 2.83. The third-order valence-electron chi connectivity index (χ3n) is 2.79. The van der Waals surface area contributed by atoms with Gasteiger partial charge in [0.2, 0.25) is 0 Å². The van der Waals surface area contributed by atoms with Gasteiger partial charge in [0.05, 0.1) is 6.10 Å². The van der Waals surface area contributed by atoms with Crippen molar-refractivity contribution >= 4 is 15.9 Å². The van der Waals surface area contributed by atoms with Crippen molar-refractivity contribution in [2.24, 2.45) is 11.8 Å². The van der Waals surface area contributed by atoms with E-state index in [9.17, 15) is 5.11 Å². The number of halogens is 1. The van der Waals surface area contributed by atoms with E-state index in [2.05, 4.69) is 22.9 Å². The normalized spacial score (nSPS) is 28.5. The molecule has 2 rings (SSSR count). The SMILES string of the molecule is CC1CC1C(O)c1ccc(Br)cc1. The number of hydrogen-bond acceptors (Lipinski definition) is 1. The molecule has 0 amide bonds. The van der Waals surface area contributed by atoms with Gasteiger partial charge in [0.25, 0.3) is 0 Å². The van der Waals surface area contributed by atoms with Crippen LogP contribution >= 0.6 is 15.9 Å². The molecule has 1 aliphatic carbocycles. The number of aliphatic hydroxyl groups excluding tert-OH is 1. The monoisotopic (exact) mass is 240 g/mol. The van der Waals surface area contributed by atoms with Gasteiger partial charge < -0.3 is 5.11 Å². The molecular weight excluding hydrogens is 228 g/mol. The van der Waals surface area contributed by atoms with Gasteiger partial charge in [0.15, 0.2) is 0 Å². The minimum absolute atomic E-state index is 0.261. The minimum Gasteiger partial charge on any atom is -0.388 e. The van der Waals surface area contributed by atoms with Gasteiger partial charge in [0, 0.05) is 4.47 Å². The highest BCUT2D eigenvalue weighted by atomic mass is 79.9. The number of hydrogen-bond donors (Lipinski definition) is 1. The molecule has 13 heavy (non-hydrogen) atoms. The summed E-state index contributed by atoms with van der Waals surface area (Å²) in [4.78, 5) is 0. The highest BCUT2D eigenvalue weighted by Crippen LogP contribution is 2.46. The Kier molecular flexibility index (Phi) is 2.43. The molecule has 0 saturated heterocycles. The highest BCUT2D eigenvalue weighted by molar-refractivity contribution is 9.10. The van der Waals surface area contributed by atoms with Crippen LogP contribution in [0.4, 0.5) is 0 Å². The molecule has 0 aliphatic heterocycles. The lowest BCUT2D eigenvalue weighted by molar-refractivity contribution is 0.148. The lowest BCUT2D eigenvalue weighted by atomic mass is 10.0. The molecule has 1 aromatic rings. The molecule has 3 unspecified atom stereocenters. The van der Waals surface area contributed by atoms with E-state index < -0.39 is 0 Å². The summed E-state index contributed by atoms with van der Waals surface area (Å²) >= 11 is 3.38. The van der Waals surface area contributed by atoms with Crippen molar-refractivity contribution in [3.8, 4) is 0 Å². The van der Waals surface area contributed by atoms with Crippen LogP contribution in [-0.4, -0.2) is 5.11 Å². The maximum absolute atomic E-state index is 9.91. The first kappa shape index (κ1) is 9.22. The summed E-state index contributed by atoms with van der Waals surface area (Å²) in [5.41, 5.74) is 1.04. The Morgan fingerprint density at radius 2 is 1.92 bits per heavy atom. The maximum atomic E-state index is 9.91. The summed E-state index contributed by atoms with van der Waals surface area (Å²) in [5.74, 6) is 1.18. The van der Waals surface area contributed by atoms with E-state index in [0.29, 0.717) is 11.8 Å². The standard InChI is InChI=1S/C11H13BrO/c1-7-6-10(7)11(13)8-2-4-9(12)5-3-8/h2-5,7,10-11,13H,6H2,1H3. The first-order valence-corrected chi connectivity index (χ1v) is 5.41. The van der Waals surface area contributed by atoms with Gasteiger partial charge in [-0.15, -0.1) is 0 Å². The molecule has 1 saturated carbocycles. The Morgan fingerprint density at radius 3 is 2.38 bits per heavy atom. The number of benzene rings is 1. The van der Waals surface area contributed by atoms with Crippen molar-refractivity contribution in [1.82, 2.24) is 0 Å². The molecule has 0 bridgehead atoms. The zero-order chi connectivity index (χ0) is 9.42. The second kappa shape index (κ2) is 3.43. The molecular formula is C11H13BrO. The molecule has 3 atom stereocenters. The molecule has 1 aliphatic rings. The predicted molar refractivity (Wildman–Crippen MR) is 56.4 cm³/mol. The first-order chi connectivity index (χ1) is 6.18. The molecule has 0 spiro atoms. The van der Waals surface area contributed by atoms with E-state index in [1.54, 1.807) is 0 Å². The zero-order valence-corrected chi connectivity index (χ0v) is 9.16. The van der Waals surface area contributed by atoms with Gasteiger partial charge >= 0.3 is 0 Å². The van der Waals surface area contributed by atoms with Crippen molar-refractivity contribution in [2.75, 3.05) is 0 Å². The Labute approximate surface area is 86.9 Å². The zero-order valence-electron chi connectivity index (χ0n) is 7.57. The van der Waals surface area contributed by atoms with Gasteiger partial charge in [-0.3, -0.25) is 0 Å². The van der Waals surface area contributed by atoms with E-state index in [4.69, 9.17) is 0 Å². The molecule has 1 aromatic carbocycles. The van der Waals surface area contributed by atoms with Crippen molar-refractivity contribution in [3.63, 3.8) is 0 Å². The van der Waals surface area contributed by atoms with Crippen molar-refractivity contribution < 1.29 is 5.11 Å². The summed E-state index contributed by atoms with van der Waals surface area (Å²) in [6.07, 6.45) is 0.903. The summed E-state index contributed by atoms with van der Waals surface area (Å²) < 4.78 is 1.06. The Morgan fingerprint density at radius 1 is 1.38 bits per heavy atom. The summed E-state index contributed by atoms with van der Waals surface area (Å²) in [6, 6.07) is 7.93. The Balaban J connectivity index is 2.12. The second-order valence-electron chi connectivity index (χ2n) is 3.87. The summed E-state index contributed by atoms with van der Waals surface area (Å²) in [6.45, 7) is 2.19. The largest absolute Gasteiger partial charge is 0.388 e. The molecule has 70 valence electrons. The fraction of sp³-hybridized carbons (Fsp3) is 0.455. The van der Waals surface area contributed by atoms with Gasteiger partial charge in [-0.1, -0.05) is 35.0 Å². The van der Waals surface area contributed by atoms with E-state index in [-0.39, 0.29) is 6.10 Å². The molecule has 0 heterocycles. The van der Waals surface area contributed by atoms with E-state index in [1.165, 1.54) is 0 Å². The topological polar surface area (TPSA) is 20.2 Å². The fourth-order valence-electron chi connectivity index (χ4n) is 1.70. The van der Waals surface area contributed by atoms with Crippen LogP contribution < -0.4 is 0 Å². The first-order valence-electron chi connectivity index (χ1n) is 4.62. The minimum atomic E-state index is -0.261. The predicted octanol–water partition coefficient (Wildman–Crippen LogP) is 3.14. The lowest BCUT2D eigenvalue weighted by Crippen LogP contribution is -2.00. The van der Waals surface area contributed by atoms with Crippen molar-refractivity contribution in [1.29, 1.82) is 0 Å². The van der Waals surface area contributed by atoms with Crippen LogP contribution in [0.1, 0.15) is 25.0 Å². The third-order valence-corrected chi connectivity index (χ3v) is 3.32. The van der Waals surface area contributed by atoms with E-state index in [1.807, 2.05) is 24.3 Å². The molecule has 1 nitrogen and oxygen atoms in total. The van der Waals surface area contributed by atoms with E-state index in [0.717, 1.165) is 16.5 Å². The summed E-state index contributed by atoms with van der Waals surface area (Å²) in [7, 11) is 0. The third kappa shape index (κ3) is 1.94. The Hall–Kier alpha value is -0.340. The summed E-state index contributed by atoms with van der Waals surface area (Å²) in [5, 5.41) is 9.91. The molecule has 2 heteroatoms. The van der Waals surface area contributed by atoms with Crippen molar-refractivity contribution in [2.45, 2.75) is 19.4 Å². The van der Waals surface area contributed by atoms with Crippen LogP contribution in [0.2, 0.25) is 0 Å². The van der Waals surface area contributed by atoms with Gasteiger partial charge in [0.1, 0.15) is 0 Å². The van der Waals surface area contributed by atoms with Crippen LogP contribution in [0.3, 0.4) is 0 Å². The van der Waals surface area contributed by atoms with E-state index >= 15 is 0 Å². The molecule has 1 fully saturated rings. The molecule has 0 aromatic heterocycles. The maximum Gasteiger partial charge on any atom is 0.0820 e. The number of rotatable bonds is 2. The Bertz CT molecular complexity index is 293. The second-order valence-corrected chi connectivity index (χ2v) is 4.79. The van der Waals surface area contributed by atoms with Crippen LogP contribution in [0, 0.1) is 11.8 Å². The lowest BCUT2D eigenvalue weighted by Gasteiger charge is -2.09. The van der Waals surface area contributed by atoms with Crippen LogP contribution in [0.25, 0.3) is 0 Å².